The van der Waals surface area contributed by atoms with Gasteiger partial charge in [-0.15, -0.1) is 0 Å². The maximum atomic E-state index is 14.0. The lowest BCUT2D eigenvalue weighted by Gasteiger charge is -2.10. The minimum Gasteiger partial charge on any atom is -0.497 e. The van der Waals surface area contributed by atoms with E-state index in [1.807, 2.05) is 0 Å². The number of para-hydroxylation sites is 1. The molecule has 0 saturated heterocycles. The van der Waals surface area contributed by atoms with Crippen LogP contribution in [0.2, 0.25) is 0 Å². The van der Waals surface area contributed by atoms with Crippen LogP contribution in [-0.2, 0) is 4.79 Å². The number of amides is 1. The van der Waals surface area contributed by atoms with Crippen molar-refractivity contribution in [2.24, 2.45) is 0 Å². The molecule has 0 fully saturated rings. The SMILES string of the molecule is COc1ccc(NC(=O)COc2ccccc2-c2noc(-c3ccccc3F)n2)cc1. The number of aromatic nitrogens is 2. The maximum absolute atomic E-state index is 14.0. The second-order valence-electron chi connectivity index (χ2n) is 6.46. The van der Waals surface area contributed by atoms with Crippen molar-refractivity contribution >= 4 is 11.6 Å². The van der Waals surface area contributed by atoms with Crippen LogP contribution in [0.1, 0.15) is 0 Å². The van der Waals surface area contributed by atoms with E-state index < -0.39 is 5.82 Å². The van der Waals surface area contributed by atoms with Crippen LogP contribution in [0, 0.1) is 5.82 Å². The summed E-state index contributed by atoms with van der Waals surface area (Å²) >= 11 is 0. The first kappa shape index (κ1) is 20.1. The van der Waals surface area contributed by atoms with E-state index in [-0.39, 0.29) is 29.8 Å². The monoisotopic (exact) mass is 419 g/mol. The molecule has 31 heavy (non-hydrogen) atoms. The molecule has 0 saturated carbocycles. The molecule has 7 nitrogen and oxygen atoms in total. The Balaban J connectivity index is 1.46. The van der Waals surface area contributed by atoms with E-state index in [2.05, 4.69) is 15.5 Å². The number of hydrogen-bond donors (Lipinski definition) is 1. The topological polar surface area (TPSA) is 86.5 Å². The minimum absolute atomic E-state index is 0.0557. The fourth-order valence-electron chi connectivity index (χ4n) is 2.87. The molecule has 0 radical (unpaired) electrons. The summed E-state index contributed by atoms with van der Waals surface area (Å²) in [7, 11) is 1.57. The molecule has 1 amide bonds. The largest absolute Gasteiger partial charge is 0.497 e. The third-order valence-corrected chi connectivity index (χ3v) is 4.39. The van der Waals surface area contributed by atoms with Gasteiger partial charge in [-0.25, -0.2) is 4.39 Å². The van der Waals surface area contributed by atoms with Crippen LogP contribution in [0.3, 0.4) is 0 Å². The number of hydrogen-bond acceptors (Lipinski definition) is 6. The predicted octanol–water partition coefficient (Wildman–Crippen LogP) is 4.57. The molecule has 0 bridgehead atoms. The number of halogens is 1. The van der Waals surface area contributed by atoms with Gasteiger partial charge in [0.2, 0.25) is 5.82 Å². The van der Waals surface area contributed by atoms with Gasteiger partial charge in [0, 0.05) is 5.69 Å². The van der Waals surface area contributed by atoms with Gasteiger partial charge in [0.1, 0.15) is 17.3 Å². The third kappa shape index (κ3) is 4.69. The first-order chi connectivity index (χ1) is 15.1. The van der Waals surface area contributed by atoms with Crippen LogP contribution in [0.4, 0.5) is 10.1 Å². The Morgan fingerprint density at radius 1 is 1.00 bits per heavy atom. The molecule has 0 aliphatic rings. The smallest absolute Gasteiger partial charge is 0.262 e. The normalized spacial score (nSPS) is 10.5. The van der Waals surface area contributed by atoms with Crippen LogP contribution in [0.5, 0.6) is 11.5 Å². The highest BCUT2D eigenvalue weighted by molar-refractivity contribution is 5.92. The quantitative estimate of drug-likeness (QED) is 0.472. The molecule has 8 heteroatoms. The highest BCUT2D eigenvalue weighted by atomic mass is 19.1. The van der Waals surface area contributed by atoms with E-state index in [0.29, 0.717) is 22.7 Å². The minimum atomic E-state index is -0.461. The van der Waals surface area contributed by atoms with E-state index in [0.717, 1.165) is 0 Å². The number of benzene rings is 3. The van der Waals surface area contributed by atoms with E-state index in [9.17, 15) is 9.18 Å². The van der Waals surface area contributed by atoms with Crippen LogP contribution in [0.25, 0.3) is 22.8 Å². The van der Waals surface area contributed by atoms with E-state index in [1.54, 1.807) is 73.8 Å². The van der Waals surface area contributed by atoms with Crippen LogP contribution >= 0.6 is 0 Å². The van der Waals surface area contributed by atoms with Gasteiger partial charge in [-0.05, 0) is 48.5 Å². The van der Waals surface area contributed by atoms with Crippen molar-refractivity contribution in [3.05, 3.63) is 78.6 Å². The van der Waals surface area contributed by atoms with Gasteiger partial charge >= 0.3 is 0 Å². The van der Waals surface area contributed by atoms with Gasteiger partial charge in [-0.3, -0.25) is 4.79 Å². The second kappa shape index (κ2) is 9.08. The Kier molecular flexibility index (Phi) is 5.89. The van der Waals surface area contributed by atoms with E-state index >= 15 is 0 Å². The number of carbonyl (C=O) groups excluding carboxylic acids is 1. The summed E-state index contributed by atoms with van der Waals surface area (Å²) in [6.07, 6.45) is 0. The lowest BCUT2D eigenvalue weighted by molar-refractivity contribution is -0.118. The van der Waals surface area contributed by atoms with Crippen molar-refractivity contribution in [3.63, 3.8) is 0 Å². The average molecular weight is 419 g/mol. The number of methoxy groups -OCH3 is 1. The standard InChI is InChI=1S/C23H18FN3O4/c1-29-16-12-10-15(11-13-16)25-21(28)14-30-20-9-5-3-7-18(20)22-26-23(31-27-22)17-6-2-4-8-19(17)24/h2-13H,14H2,1H3,(H,25,28). The van der Waals surface area contributed by atoms with Crippen molar-refractivity contribution in [1.29, 1.82) is 0 Å². The van der Waals surface area contributed by atoms with Crippen molar-refractivity contribution in [2.75, 3.05) is 19.0 Å². The van der Waals surface area contributed by atoms with Crippen molar-refractivity contribution in [1.82, 2.24) is 10.1 Å². The van der Waals surface area contributed by atoms with Gasteiger partial charge in [-0.2, -0.15) is 4.98 Å². The lowest BCUT2D eigenvalue weighted by Crippen LogP contribution is -2.20. The van der Waals surface area contributed by atoms with Crippen molar-refractivity contribution in [2.45, 2.75) is 0 Å². The number of nitrogens with zero attached hydrogens (tertiary/aromatic N) is 2. The summed E-state index contributed by atoms with van der Waals surface area (Å²) in [5.41, 5.74) is 1.35. The molecule has 0 unspecified atom stereocenters. The molecule has 1 heterocycles. The van der Waals surface area contributed by atoms with Crippen LogP contribution in [-0.4, -0.2) is 29.8 Å². The molecule has 1 N–H and O–H groups in total. The molecule has 0 aliphatic carbocycles. The van der Waals surface area contributed by atoms with Gasteiger partial charge in [-0.1, -0.05) is 29.4 Å². The summed E-state index contributed by atoms with van der Waals surface area (Å²) in [6, 6.07) is 20.0. The predicted molar refractivity (Wildman–Crippen MR) is 112 cm³/mol. The maximum Gasteiger partial charge on any atom is 0.262 e. The lowest BCUT2D eigenvalue weighted by atomic mass is 10.2. The Bertz CT molecular complexity index is 1190. The van der Waals surface area contributed by atoms with Gasteiger partial charge < -0.3 is 19.3 Å². The molecule has 1 aromatic heterocycles. The fourth-order valence-corrected chi connectivity index (χ4v) is 2.87. The number of rotatable bonds is 7. The summed E-state index contributed by atoms with van der Waals surface area (Å²) in [5, 5.41) is 6.67. The van der Waals surface area contributed by atoms with Gasteiger partial charge in [0.25, 0.3) is 11.8 Å². The zero-order valence-corrected chi connectivity index (χ0v) is 16.5. The molecule has 3 aromatic carbocycles. The molecular weight excluding hydrogens is 401 g/mol. The summed E-state index contributed by atoms with van der Waals surface area (Å²) in [5.74, 6) is 0.577. The molecular formula is C23H18FN3O4. The Labute approximate surface area is 177 Å². The van der Waals surface area contributed by atoms with Crippen molar-refractivity contribution in [3.8, 4) is 34.3 Å². The second-order valence-corrected chi connectivity index (χ2v) is 6.46. The third-order valence-electron chi connectivity index (χ3n) is 4.39. The molecule has 0 spiro atoms. The first-order valence-electron chi connectivity index (χ1n) is 9.39. The fraction of sp³-hybridized carbons (Fsp3) is 0.0870. The van der Waals surface area contributed by atoms with Crippen molar-refractivity contribution < 1.29 is 23.2 Å². The van der Waals surface area contributed by atoms with E-state index in [4.69, 9.17) is 14.0 Å². The van der Waals surface area contributed by atoms with Gasteiger partial charge in [0.05, 0.1) is 18.2 Å². The summed E-state index contributed by atoms with van der Waals surface area (Å²) in [6.45, 7) is -0.221. The molecule has 0 aliphatic heterocycles. The molecule has 0 atom stereocenters. The zero-order valence-electron chi connectivity index (χ0n) is 16.5. The number of nitrogens with one attached hydrogen (secondary N) is 1. The highest BCUT2D eigenvalue weighted by Gasteiger charge is 2.17. The zero-order chi connectivity index (χ0) is 21.6. The molecule has 4 aromatic rings. The number of anilines is 1. The Morgan fingerprint density at radius 3 is 2.45 bits per heavy atom. The summed E-state index contributed by atoms with van der Waals surface area (Å²) in [4.78, 5) is 16.5. The summed E-state index contributed by atoms with van der Waals surface area (Å²) < 4.78 is 30.0. The van der Waals surface area contributed by atoms with E-state index in [1.165, 1.54) is 6.07 Å². The Hall–Kier alpha value is -4.20. The number of ether oxygens (including phenoxy) is 2. The van der Waals surface area contributed by atoms with Gasteiger partial charge in [0.15, 0.2) is 6.61 Å². The Morgan fingerprint density at radius 2 is 1.71 bits per heavy atom. The highest BCUT2D eigenvalue weighted by Crippen LogP contribution is 2.30. The first-order valence-corrected chi connectivity index (χ1v) is 9.39. The van der Waals surface area contributed by atoms with Crippen LogP contribution < -0.4 is 14.8 Å². The number of carbonyl (C=O) groups is 1. The average Bonchev–Trinajstić information content (AvgIpc) is 3.28. The van der Waals surface area contributed by atoms with Crippen LogP contribution in [0.15, 0.2) is 77.3 Å². The molecule has 4 rings (SSSR count). The molecule has 156 valence electrons.